The molecule has 1 N–H and O–H groups in total. The summed E-state index contributed by atoms with van der Waals surface area (Å²) in [6, 6.07) is 0. The zero-order valence-corrected chi connectivity index (χ0v) is 13.9. The fraction of sp³-hybridized carbons (Fsp3) is 0.769. The Bertz CT molecular complexity index is 407. The maximum atomic E-state index is 10.9. The molecular formula is C13H24BrN3O2. The van der Waals surface area contributed by atoms with E-state index in [2.05, 4.69) is 25.9 Å². The molecule has 0 saturated heterocycles. The molecule has 0 aliphatic rings. The van der Waals surface area contributed by atoms with Crippen LogP contribution in [-0.4, -0.2) is 54.1 Å². The number of hydrogen-bond acceptors (Lipinski definition) is 4. The molecule has 1 atom stereocenters. The van der Waals surface area contributed by atoms with Gasteiger partial charge in [-0.1, -0.05) is 13.8 Å². The predicted octanol–water partition coefficient (Wildman–Crippen LogP) is 1.70. The molecule has 0 saturated carbocycles. The molecule has 0 spiro atoms. The van der Waals surface area contributed by atoms with Crippen LogP contribution >= 0.6 is 15.9 Å². The van der Waals surface area contributed by atoms with Gasteiger partial charge in [-0.05, 0) is 35.9 Å². The number of ether oxygens (including phenoxy) is 1. The molecule has 0 aliphatic carbocycles. The Labute approximate surface area is 123 Å². The fourth-order valence-corrected chi connectivity index (χ4v) is 2.63. The van der Waals surface area contributed by atoms with Crippen LogP contribution in [-0.2, 0) is 16.9 Å². The van der Waals surface area contributed by atoms with E-state index in [-0.39, 0.29) is 12.5 Å². The molecule has 0 bridgehead atoms. The van der Waals surface area contributed by atoms with Crippen molar-refractivity contribution < 1.29 is 9.84 Å². The molecule has 1 aromatic rings. The minimum Gasteiger partial charge on any atom is -0.381 e. The standard InChI is InChI=1S/C13H24BrN3O2/c1-10(2)13(18,9-19-5)12-11(14)8-15-17(12)7-6-16(3)4/h8,10,18H,6-7,9H2,1-5H3. The van der Waals surface area contributed by atoms with Gasteiger partial charge in [0.15, 0.2) is 0 Å². The molecule has 0 radical (unpaired) electrons. The van der Waals surface area contributed by atoms with Crippen LogP contribution in [0.25, 0.3) is 0 Å². The molecule has 1 heterocycles. The molecule has 0 aliphatic heterocycles. The first-order valence-electron chi connectivity index (χ1n) is 6.40. The first-order valence-corrected chi connectivity index (χ1v) is 7.20. The third-order valence-corrected chi connectivity index (χ3v) is 3.86. The summed E-state index contributed by atoms with van der Waals surface area (Å²) < 4.78 is 7.87. The lowest BCUT2D eigenvalue weighted by molar-refractivity contribution is -0.0767. The second-order valence-electron chi connectivity index (χ2n) is 5.38. The molecule has 5 nitrogen and oxygen atoms in total. The Morgan fingerprint density at radius 2 is 2.16 bits per heavy atom. The molecule has 0 aromatic carbocycles. The Hall–Kier alpha value is -0.430. The third kappa shape index (κ3) is 3.78. The summed E-state index contributed by atoms with van der Waals surface area (Å²) in [4.78, 5) is 2.09. The highest BCUT2D eigenvalue weighted by molar-refractivity contribution is 9.10. The highest BCUT2D eigenvalue weighted by atomic mass is 79.9. The van der Waals surface area contributed by atoms with E-state index in [0.717, 1.165) is 23.3 Å². The smallest absolute Gasteiger partial charge is 0.133 e. The monoisotopic (exact) mass is 333 g/mol. The van der Waals surface area contributed by atoms with Gasteiger partial charge in [-0.25, -0.2) is 0 Å². The van der Waals surface area contributed by atoms with Crippen molar-refractivity contribution in [2.75, 3.05) is 34.4 Å². The Morgan fingerprint density at radius 1 is 1.53 bits per heavy atom. The van der Waals surface area contributed by atoms with E-state index in [4.69, 9.17) is 4.74 Å². The predicted molar refractivity (Wildman–Crippen MR) is 79.1 cm³/mol. The number of likely N-dealkylation sites (N-methyl/N-ethyl adjacent to an activating group) is 1. The molecule has 1 unspecified atom stereocenters. The second-order valence-corrected chi connectivity index (χ2v) is 6.23. The average Bonchev–Trinajstić information content (AvgIpc) is 2.68. The first-order chi connectivity index (χ1) is 8.82. The van der Waals surface area contributed by atoms with Crippen molar-refractivity contribution in [3.8, 4) is 0 Å². The molecule has 110 valence electrons. The molecule has 1 rings (SSSR count). The van der Waals surface area contributed by atoms with Crippen molar-refractivity contribution in [2.24, 2.45) is 5.92 Å². The van der Waals surface area contributed by atoms with Gasteiger partial charge in [0.05, 0.1) is 29.5 Å². The van der Waals surface area contributed by atoms with Crippen LogP contribution in [0.3, 0.4) is 0 Å². The van der Waals surface area contributed by atoms with Crippen molar-refractivity contribution in [3.63, 3.8) is 0 Å². The minimum atomic E-state index is -1.05. The third-order valence-electron chi connectivity index (χ3n) is 3.28. The zero-order valence-electron chi connectivity index (χ0n) is 12.4. The number of aliphatic hydroxyl groups is 1. The van der Waals surface area contributed by atoms with E-state index in [1.807, 2.05) is 32.6 Å². The van der Waals surface area contributed by atoms with Crippen molar-refractivity contribution in [3.05, 3.63) is 16.4 Å². The second kappa shape index (κ2) is 6.83. The van der Waals surface area contributed by atoms with E-state index in [0.29, 0.717) is 0 Å². The normalized spacial score (nSPS) is 15.2. The van der Waals surface area contributed by atoms with Gasteiger partial charge in [0, 0.05) is 13.7 Å². The number of halogens is 1. The number of hydrogen-bond donors (Lipinski definition) is 1. The zero-order chi connectivity index (χ0) is 14.6. The minimum absolute atomic E-state index is 0.0264. The lowest BCUT2D eigenvalue weighted by Gasteiger charge is -2.32. The van der Waals surface area contributed by atoms with E-state index >= 15 is 0 Å². The molecule has 6 heteroatoms. The van der Waals surface area contributed by atoms with Gasteiger partial charge < -0.3 is 14.7 Å². The SMILES string of the molecule is COCC(O)(c1c(Br)cnn1CCN(C)C)C(C)C. The van der Waals surface area contributed by atoms with E-state index in [1.54, 1.807) is 13.3 Å². The summed E-state index contributed by atoms with van der Waals surface area (Å²) in [5, 5.41) is 15.3. The van der Waals surface area contributed by atoms with Crippen LogP contribution < -0.4 is 0 Å². The van der Waals surface area contributed by atoms with Gasteiger partial charge in [0.1, 0.15) is 5.60 Å². The number of rotatable bonds is 7. The Morgan fingerprint density at radius 3 is 2.63 bits per heavy atom. The summed E-state index contributed by atoms with van der Waals surface area (Å²) in [7, 11) is 5.63. The van der Waals surface area contributed by atoms with Crippen LogP contribution in [0.5, 0.6) is 0 Å². The topological polar surface area (TPSA) is 50.5 Å². The largest absolute Gasteiger partial charge is 0.381 e. The fourth-order valence-electron chi connectivity index (χ4n) is 1.99. The van der Waals surface area contributed by atoms with E-state index in [9.17, 15) is 5.11 Å². The van der Waals surface area contributed by atoms with Gasteiger partial charge in [-0.2, -0.15) is 5.10 Å². The summed E-state index contributed by atoms with van der Waals surface area (Å²) in [6.45, 7) is 5.80. The first kappa shape index (κ1) is 16.6. The highest BCUT2D eigenvalue weighted by Gasteiger charge is 2.38. The van der Waals surface area contributed by atoms with Gasteiger partial charge in [0.2, 0.25) is 0 Å². The molecule has 19 heavy (non-hydrogen) atoms. The van der Waals surface area contributed by atoms with Crippen molar-refractivity contribution in [1.82, 2.24) is 14.7 Å². The van der Waals surface area contributed by atoms with Gasteiger partial charge in [-0.15, -0.1) is 0 Å². The van der Waals surface area contributed by atoms with E-state index in [1.165, 1.54) is 0 Å². The Kier molecular flexibility index (Phi) is 5.98. The van der Waals surface area contributed by atoms with Crippen molar-refractivity contribution >= 4 is 15.9 Å². The van der Waals surface area contributed by atoms with Crippen LogP contribution in [0.1, 0.15) is 19.5 Å². The number of methoxy groups -OCH3 is 1. The average molecular weight is 334 g/mol. The number of aromatic nitrogens is 2. The molecule has 0 amide bonds. The van der Waals surface area contributed by atoms with Crippen LogP contribution in [0, 0.1) is 5.92 Å². The van der Waals surface area contributed by atoms with Crippen molar-refractivity contribution in [1.29, 1.82) is 0 Å². The lowest BCUT2D eigenvalue weighted by Crippen LogP contribution is -2.40. The maximum Gasteiger partial charge on any atom is 0.133 e. The number of nitrogens with zero attached hydrogens (tertiary/aromatic N) is 3. The highest BCUT2D eigenvalue weighted by Crippen LogP contribution is 2.34. The Balaban J connectivity index is 3.11. The maximum absolute atomic E-state index is 10.9. The summed E-state index contributed by atoms with van der Waals surface area (Å²) in [6.07, 6.45) is 1.73. The van der Waals surface area contributed by atoms with Crippen LogP contribution in [0.4, 0.5) is 0 Å². The molecular weight excluding hydrogens is 310 g/mol. The van der Waals surface area contributed by atoms with Crippen LogP contribution in [0.15, 0.2) is 10.7 Å². The van der Waals surface area contributed by atoms with Gasteiger partial charge >= 0.3 is 0 Å². The molecule has 0 fully saturated rings. The van der Waals surface area contributed by atoms with Crippen molar-refractivity contribution in [2.45, 2.75) is 26.0 Å². The lowest BCUT2D eigenvalue weighted by atomic mass is 9.87. The summed E-state index contributed by atoms with van der Waals surface area (Å²) in [5.41, 5.74) is -0.262. The van der Waals surface area contributed by atoms with Gasteiger partial charge in [-0.3, -0.25) is 4.68 Å². The van der Waals surface area contributed by atoms with E-state index < -0.39 is 5.60 Å². The van der Waals surface area contributed by atoms with Crippen LogP contribution in [0.2, 0.25) is 0 Å². The quantitative estimate of drug-likeness (QED) is 0.825. The summed E-state index contributed by atoms with van der Waals surface area (Å²) >= 11 is 3.49. The van der Waals surface area contributed by atoms with Gasteiger partial charge in [0.25, 0.3) is 0 Å². The molecule has 1 aromatic heterocycles. The summed E-state index contributed by atoms with van der Waals surface area (Å²) in [5.74, 6) is 0.0264.